The predicted molar refractivity (Wildman–Crippen MR) is 107 cm³/mol. The second-order valence-electron chi connectivity index (χ2n) is 7.45. The summed E-state index contributed by atoms with van der Waals surface area (Å²) in [4.78, 5) is 50.1. The SMILES string of the molecule is O=C1CCC(N2Cc3cc(C(=O)NCCc4cccc(O)c4)ccc3C2=O)C(=O)N1. The van der Waals surface area contributed by atoms with E-state index in [1.165, 1.54) is 4.90 Å². The first-order chi connectivity index (χ1) is 14.4. The minimum Gasteiger partial charge on any atom is -0.508 e. The highest BCUT2D eigenvalue weighted by Gasteiger charge is 2.39. The largest absolute Gasteiger partial charge is 0.508 e. The number of amides is 4. The Labute approximate surface area is 172 Å². The van der Waals surface area contributed by atoms with Gasteiger partial charge < -0.3 is 15.3 Å². The number of hydrogen-bond acceptors (Lipinski definition) is 5. The number of carbonyl (C=O) groups excluding carboxylic acids is 4. The number of imide groups is 1. The van der Waals surface area contributed by atoms with Crippen LogP contribution < -0.4 is 10.6 Å². The van der Waals surface area contributed by atoms with E-state index in [0.29, 0.717) is 36.1 Å². The minimum atomic E-state index is -0.679. The number of carbonyl (C=O) groups is 4. The van der Waals surface area contributed by atoms with Crippen molar-refractivity contribution in [3.8, 4) is 5.75 Å². The zero-order valence-electron chi connectivity index (χ0n) is 16.2. The summed E-state index contributed by atoms with van der Waals surface area (Å²) in [5, 5.41) is 14.6. The number of hydrogen-bond donors (Lipinski definition) is 3. The van der Waals surface area contributed by atoms with Crippen LogP contribution in [0.1, 0.15) is 44.7 Å². The molecule has 8 nitrogen and oxygen atoms in total. The van der Waals surface area contributed by atoms with Gasteiger partial charge >= 0.3 is 0 Å². The molecule has 154 valence electrons. The smallest absolute Gasteiger partial charge is 0.255 e. The summed E-state index contributed by atoms with van der Waals surface area (Å²) in [6.07, 6.45) is 1.07. The standard InChI is InChI=1S/C22H21N3O5/c26-16-3-1-2-13(10-16)8-9-23-20(28)14-4-5-17-15(11-14)12-25(22(17)30)18-6-7-19(27)24-21(18)29/h1-5,10-11,18,26H,6-9,12H2,(H,23,28)(H,24,27,29). The Bertz CT molecular complexity index is 1050. The molecule has 2 aromatic rings. The van der Waals surface area contributed by atoms with E-state index in [-0.39, 0.29) is 36.4 Å². The fraction of sp³-hybridized carbons (Fsp3) is 0.273. The van der Waals surface area contributed by atoms with Gasteiger partial charge in [0, 0.05) is 30.6 Å². The molecule has 2 aliphatic heterocycles. The number of nitrogens with zero attached hydrogens (tertiary/aromatic N) is 1. The van der Waals surface area contributed by atoms with Crippen LogP contribution in [0, 0.1) is 0 Å². The van der Waals surface area contributed by atoms with Gasteiger partial charge in [-0.05, 0) is 54.3 Å². The highest BCUT2D eigenvalue weighted by Crippen LogP contribution is 2.28. The summed E-state index contributed by atoms with van der Waals surface area (Å²) < 4.78 is 0. The lowest BCUT2D eigenvalue weighted by molar-refractivity contribution is -0.136. The first-order valence-corrected chi connectivity index (χ1v) is 9.76. The lowest BCUT2D eigenvalue weighted by Crippen LogP contribution is -2.52. The van der Waals surface area contributed by atoms with Crippen LogP contribution in [0.25, 0.3) is 0 Å². The van der Waals surface area contributed by atoms with Crippen LogP contribution in [-0.4, -0.2) is 46.2 Å². The third-order valence-electron chi connectivity index (χ3n) is 5.40. The van der Waals surface area contributed by atoms with E-state index in [1.807, 2.05) is 6.07 Å². The van der Waals surface area contributed by atoms with Crippen LogP contribution in [0.5, 0.6) is 5.75 Å². The van der Waals surface area contributed by atoms with E-state index in [1.54, 1.807) is 36.4 Å². The van der Waals surface area contributed by atoms with E-state index in [2.05, 4.69) is 10.6 Å². The molecule has 30 heavy (non-hydrogen) atoms. The lowest BCUT2D eigenvalue weighted by atomic mass is 10.0. The number of aromatic hydroxyl groups is 1. The van der Waals surface area contributed by atoms with Crippen molar-refractivity contribution in [1.82, 2.24) is 15.5 Å². The molecule has 1 atom stereocenters. The van der Waals surface area contributed by atoms with Crippen LogP contribution in [0.2, 0.25) is 0 Å². The van der Waals surface area contributed by atoms with E-state index in [0.717, 1.165) is 5.56 Å². The molecule has 0 aromatic heterocycles. The Morgan fingerprint density at radius 1 is 1.17 bits per heavy atom. The number of benzene rings is 2. The summed E-state index contributed by atoms with van der Waals surface area (Å²) in [6.45, 7) is 0.631. The fourth-order valence-electron chi connectivity index (χ4n) is 3.85. The molecule has 4 amide bonds. The molecule has 2 aromatic carbocycles. The Kier molecular flexibility index (Phi) is 5.22. The zero-order valence-corrected chi connectivity index (χ0v) is 16.2. The normalized spacial score (nSPS) is 18.2. The van der Waals surface area contributed by atoms with Gasteiger partial charge in [-0.25, -0.2) is 0 Å². The number of phenolic OH excluding ortho intramolecular Hbond substituents is 1. The predicted octanol–water partition coefficient (Wildman–Crippen LogP) is 1.13. The number of piperidine rings is 1. The van der Waals surface area contributed by atoms with Crippen molar-refractivity contribution in [2.24, 2.45) is 0 Å². The second kappa shape index (κ2) is 7.98. The molecule has 0 aliphatic carbocycles. The van der Waals surface area contributed by atoms with Crippen molar-refractivity contribution in [2.75, 3.05) is 6.54 Å². The highest BCUT2D eigenvalue weighted by molar-refractivity contribution is 6.06. The van der Waals surface area contributed by atoms with E-state index >= 15 is 0 Å². The molecule has 0 saturated carbocycles. The number of phenols is 1. The van der Waals surface area contributed by atoms with Gasteiger partial charge in [0.05, 0.1) is 0 Å². The van der Waals surface area contributed by atoms with Crippen LogP contribution in [0.15, 0.2) is 42.5 Å². The van der Waals surface area contributed by atoms with Gasteiger partial charge in [-0.15, -0.1) is 0 Å². The molecule has 4 rings (SSSR count). The molecular formula is C22H21N3O5. The first-order valence-electron chi connectivity index (χ1n) is 9.76. The summed E-state index contributed by atoms with van der Waals surface area (Å²) in [5.74, 6) is -1.13. The van der Waals surface area contributed by atoms with Crippen molar-refractivity contribution in [2.45, 2.75) is 31.8 Å². The monoisotopic (exact) mass is 407 g/mol. The highest BCUT2D eigenvalue weighted by atomic mass is 16.3. The van der Waals surface area contributed by atoms with Crippen LogP contribution in [-0.2, 0) is 22.6 Å². The van der Waals surface area contributed by atoms with Crippen molar-refractivity contribution in [3.05, 3.63) is 64.7 Å². The summed E-state index contributed by atoms with van der Waals surface area (Å²) in [7, 11) is 0. The van der Waals surface area contributed by atoms with Crippen LogP contribution >= 0.6 is 0 Å². The summed E-state index contributed by atoms with van der Waals surface area (Å²) in [5.41, 5.74) is 2.50. The van der Waals surface area contributed by atoms with Crippen molar-refractivity contribution in [1.29, 1.82) is 0 Å². The van der Waals surface area contributed by atoms with Gasteiger partial charge in [0.25, 0.3) is 11.8 Å². The molecule has 3 N–H and O–H groups in total. The number of rotatable bonds is 5. The third kappa shape index (κ3) is 3.89. The lowest BCUT2D eigenvalue weighted by Gasteiger charge is -2.29. The van der Waals surface area contributed by atoms with Crippen LogP contribution in [0.4, 0.5) is 0 Å². The summed E-state index contributed by atoms with van der Waals surface area (Å²) >= 11 is 0. The van der Waals surface area contributed by atoms with Gasteiger partial charge in [-0.1, -0.05) is 12.1 Å². The quantitative estimate of drug-likeness (QED) is 0.643. The molecule has 0 spiro atoms. The molecule has 0 bridgehead atoms. The van der Waals surface area contributed by atoms with E-state index in [4.69, 9.17) is 0 Å². The molecule has 2 aliphatic rings. The van der Waals surface area contributed by atoms with Gasteiger partial charge in [0.15, 0.2) is 0 Å². The maximum atomic E-state index is 12.7. The maximum Gasteiger partial charge on any atom is 0.255 e. The first kappa shape index (κ1) is 19.6. The van der Waals surface area contributed by atoms with Crippen molar-refractivity contribution >= 4 is 23.6 Å². The Balaban J connectivity index is 1.40. The Morgan fingerprint density at radius 2 is 2.00 bits per heavy atom. The van der Waals surface area contributed by atoms with Crippen LogP contribution in [0.3, 0.4) is 0 Å². The van der Waals surface area contributed by atoms with Gasteiger partial charge in [0.2, 0.25) is 11.8 Å². The molecule has 8 heteroatoms. The van der Waals surface area contributed by atoms with Gasteiger partial charge in [0.1, 0.15) is 11.8 Å². The fourth-order valence-corrected chi connectivity index (χ4v) is 3.85. The van der Waals surface area contributed by atoms with Crippen molar-refractivity contribution in [3.63, 3.8) is 0 Å². The second-order valence-corrected chi connectivity index (χ2v) is 7.45. The summed E-state index contributed by atoms with van der Waals surface area (Å²) in [6, 6.07) is 11.0. The third-order valence-corrected chi connectivity index (χ3v) is 5.40. The Morgan fingerprint density at radius 3 is 2.77 bits per heavy atom. The number of nitrogens with one attached hydrogen (secondary N) is 2. The molecule has 1 unspecified atom stereocenters. The molecule has 0 radical (unpaired) electrons. The number of fused-ring (bicyclic) bond motifs is 1. The van der Waals surface area contributed by atoms with E-state index < -0.39 is 11.9 Å². The molecular weight excluding hydrogens is 386 g/mol. The minimum absolute atomic E-state index is 0.183. The molecule has 1 fully saturated rings. The van der Waals surface area contributed by atoms with E-state index in [9.17, 15) is 24.3 Å². The maximum absolute atomic E-state index is 12.7. The van der Waals surface area contributed by atoms with Crippen molar-refractivity contribution < 1.29 is 24.3 Å². The topological polar surface area (TPSA) is 116 Å². The zero-order chi connectivity index (χ0) is 21.3. The Hall–Kier alpha value is -3.68. The average molecular weight is 407 g/mol. The van der Waals surface area contributed by atoms with Gasteiger partial charge in [-0.2, -0.15) is 0 Å². The van der Waals surface area contributed by atoms with Gasteiger partial charge in [-0.3, -0.25) is 24.5 Å². The molecule has 2 heterocycles. The molecule has 1 saturated heterocycles. The average Bonchev–Trinajstić information content (AvgIpc) is 3.04.